The molecule has 1 N–H and O–H groups in total. The minimum absolute atomic E-state index is 0.0114. The molecule has 220 valence electrons. The number of likely N-dealkylation sites (N-methyl/N-ethyl adjacent to an activating group) is 1. The van der Waals surface area contributed by atoms with Gasteiger partial charge >= 0.3 is 5.97 Å². The summed E-state index contributed by atoms with van der Waals surface area (Å²) in [5, 5.41) is 9.02. The Morgan fingerprint density at radius 2 is 0.946 bits per heavy atom. The standard InChI is InChI=1S/C32H64N2O3/c1-5-7-9-11-13-15-17-19-21-23-27-33(31(35)25-26-32(36)37)28-30-34(3,4)29-24-22-20-18-16-14-12-10-8-6-2/h5-30H2,1-4H3/p+1. The van der Waals surface area contributed by atoms with Crippen LogP contribution in [-0.4, -0.2) is 66.6 Å². The first kappa shape index (κ1) is 35.9. The first-order chi connectivity index (χ1) is 17.8. The van der Waals surface area contributed by atoms with Crippen LogP contribution in [0.1, 0.15) is 155 Å². The molecule has 5 nitrogen and oxygen atoms in total. The molecule has 0 aromatic heterocycles. The number of carboxylic acids is 1. The molecule has 0 unspecified atom stereocenters. The Bertz CT molecular complexity index is 536. The summed E-state index contributed by atoms with van der Waals surface area (Å²) in [5.74, 6) is -0.874. The molecule has 37 heavy (non-hydrogen) atoms. The second kappa shape index (κ2) is 25.2. The van der Waals surface area contributed by atoms with E-state index in [0.29, 0.717) is 0 Å². The number of amides is 1. The van der Waals surface area contributed by atoms with E-state index in [4.69, 9.17) is 5.11 Å². The Hall–Kier alpha value is -1.10. The molecule has 0 heterocycles. The molecule has 0 fully saturated rings. The van der Waals surface area contributed by atoms with Crippen molar-refractivity contribution < 1.29 is 19.2 Å². The molecule has 0 saturated heterocycles. The molecular weight excluding hydrogens is 460 g/mol. The third-order valence-electron chi connectivity index (χ3n) is 7.78. The number of carbonyl (C=O) groups is 2. The maximum atomic E-state index is 12.8. The van der Waals surface area contributed by atoms with E-state index in [1.54, 1.807) is 0 Å². The van der Waals surface area contributed by atoms with E-state index >= 15 is 0 Å². The van der Waals surface area contributed by atoms with Crippen molar-refractivity contribution in [3.8, 4) is 0 Å². The summed E-state index contributed by atoms with van der Waals surface area (Å²) < 4.78 is 0.928. The number of quaternary nitrogens is 1. The first-order valence-corrected chi connectivity index (χ1v) is 16.1. The van der Waals surface area contributed by atoms with Gasteiger partial charge in [-0.1, -0.05) is 123 Å². The topological polar surface area (TPSA) is 57.6 Å². The highest BCUT2D eigenvalue weighted by Gasteiger charge is 2.20. The molecule has 0 aliphatic rings. The number of carboxylic acid groups (broad SMARTS) is 1. The average Bonchev–Trinajstić information content (AvgIpc) is 2.86. The van der Waals surface area contributed by atoms with Crippen LogP contribution in [0, 0.1) is 0 Å². The van der Waals surface area contributed by atoms with Gasteiger partial charge in [0.2, 0.25) is 5.91 Å². The Balaban J connectivity index is 4.19. The molecule has 0 aliphatic carbocycles. The van der Waals surface area contributed by atoms with Crippen molar-refractivity contribution in [2.75, 3.05) is 40.3 Å². The molecule has 0 spiro atoms. The fraction of sp³-hybridized carbons (Fsp3) is 0.938. The molecule has 1 amide bonds. The van der Waals surface area contributed by atoms with Crippen LogP contribution in [0.2, 0.25) is 0 Å². The monoisotopic (exact) mass is 525 g/mol. The summed E-state index contributed by atoms with van der Waals surface area (Å²) in [4.78, 5) is 25.7. The lowest BCUT2D eigenvalue weighted by molar-refractivity contribution is -0.889. The summed E-state index contributed by atoms with van der Waals surface area (Å²) in [5.41, 5.74) is 0. The third-order valence-corrected chi connectivity index (χ3v) is 7.78. The summed E-state index contributed by atoms with van der Waals surface area (Å²) in [6.45, 7) is 8.12. The zero-order valence-electron chi connectivity index (χ0n) is 25.5. The summed E-state index contributed by atoms with van der Waals surface area (Å²) in [7, 11) is 4.54. The summed E-state index contributed by atoms with van der Waals surface area (Å²) in [6.07, 6.45) is 26.4. The van der Waals surface area contributed by atoms with Gasteiger partial charge in [0.05, 0.1) is 40.2 Å². The van der Waals surface area contributed by atoms with E-state index in [2.05, 4.69) is 27.9 Å². The fourth-order valence-corrected chi connectivity index (χ4v) is 5.05. The van der Waals surface area contributed by atoms with Gasteiger partial charge in [0, 0.05) is 13.0 Å². The van der Waals surface area contributed by atoms with Gasteiger partial charge < -0.3 is 14.5 Å². The van der Waals surface area contributed by atoms with Crippen molar-refractivity contribution in [1.29, 1.82) is 0 Å². The first-order valence-electron chi connectivity index (χ1n) is 16.1. The molecule has 5 heteroatoms. The molecule has 0 saturated carbocycles. The lowest BCUT2D eigenvalue weighted by Gasteiger charge is -2.33. The van der Waals surface area contributed by atoms with Gasteiger partial charge in [-0.05, 0) is 19.3 Å². The lowest BCUT2D eigenvalue weighted by atomic mass is 10.1. The van der Waals surface area contributed by atoms with Gasteiger partial charge in [-0.3, -0.25) is 9.59 Å². The number of hydrogen-bond donors (Lipinski definition) is 1. The number of carbonyl (C=O) groups excluding carboxylic acids is 1. The minimum Gasteiger partial charge on any atom is -0.481 e. The highest BCUT2D eigenvalue weighted by molar-refractivity contribution is 5.80. The van der Waals surface area contributed by atoms with Crippen molar-refractivity contribution in [2.45, 2.75) is 155 Å². The molecule has 0 aromatic rings. The number of nitrogens with zero attached hydrogens (tertiary/aromatic N) is 2. The van der Waals surface area contributed by atoms with Gasteiger partial charge in [0.1, 0.15) is 0 Å². The largest absolute Gasteiger partial charge is 0.481 e. The summed E-state index contributed by atoms with van der Waals surface area (Å²) in [6, 6.07) is 0. The predicted octanol–water partition coefficient (Wildman–Crippen LogP) is 8.60. The van der Waals surface area contributed by atoms with Crippen LogP contribution in [-0.2, 0) is 9.59 Å². The van der Waals surface area contributed by atoms with Gasteiger partial charge in [-0.2, -0.15) is 0 Å². The van der Waals surface area contributed by atoms with Gasteiger partial charge in [0.15, 0.2) is 0 Å². The van der Waals surface area contributed by atoms with Gasteiger partial charge in [0.25, 0.3) is 0 Å². The van der Waals surface area contributed by atoms with Crippen molar-refractivity contribution >= 4 is 11.9 Å². The van der Waals surface area contributed by atoms with Crippen molar-refractivity contribution in [2.24, 2.45) is 0 Å². The zero-order valence-corrected chi connectivity index (χ0v) is 25.5. The third kappa shape index (κ3) is 25.0. The lowest BCUT2D eigenvalue weighted by Crippen LogP contribution is -2.47. The highest BCUT2D eigenvalue weighted by Crippen LogP contribution is 2.13. The number of hydrogen-bond acceptors (Lipinski definition) is 2. The van der Waals surface area contributed by atoms with E-state index in [9.17, 15) is 9.59 Å². The molecule has 0 aliphatic heterocycles. The average molecular weight is 526 g/mol. The van der Waals surface area contributed by atoms with Crippen LogP contribution < -0.4 is 0 Å². The van der Waals surface area contributed by atoms with Gasteiger partial charge in [-0.15, -0.1) is 0 Å². The molecule has 0 bridgehead atoms. The second-order valence-corrected chi connectivity index (χ2v) is 12.0. The molecule has 0 atom stereocenters. The quantitative estimate of drug-likeness (QED) is 0.0821. The second-order valence-electron chi connectivity index (χ2n) is 12.0. The van der Waals surface area contributed by atoms with Crippen molar-refractivity contribution in [3.05, 3.63) is 0 Å². The van der Waals surface area contributed by atoms with Crippen molar-refractivity contribution in [3.63, 3.8) is 0 Å². The van der Waals surface area contributed by atoms with Crippen LogP contribution >= 0.6 is 0 Å². The molecule has 0 aromatic carbocycles. The number of rotatable bonds is 28. The van der Waals surface area contributed by atoms with Crippen LogP contribution in [0.5, 0.6) is 0 Å². The van der Waals surface area contributed by atoms with Crippen LogP contribution in [0.3, 0.4) is 0 Å². The van der Waals surface area contributed by atoms with Crippen LogP contribution in [0.15, 0.2) is 0 Å². The summed E-state index contributed by atoms with van der Waals surface area (Å²) >= 11 is 0. The zero-order chi connectivity index (χ0) is 27.6. The van der Waals surface area contributed by atoms with E-state index in [1.165, 1.54) is 116 Å². The van der Waals surface area contributed by atoms with Crippen LogP contribution in [0.4, 0.5) is 0 Å². The molecular formula is C32H65N2O3+. The normalized spacial score (nSPS) is 11.7. The molecule has 0 rings (SSSR count). The highest BCUT2D eigenvalue weighted by atomic mass is 16.4. The minimum atomic E-state index is -0.885. The van der Waals surface area contributed by atoms with Crippen molar-refractivity contribution in [1.82, 2.24) is 4.90 Å². The Morgan fingerprint density at radius 1 is 0.541 bits per heavy atom. The van der Waals surface area contributed by atoms with E-state index in [1.807, 2.05) is 4.90 Å². The van der Waals surface area contributed by atoms with Crippen LogP contribution in [0.25, 0.3) is 0 Å². The van der Waals surface area contributed by atoms with E-state index in [0.717, 1.165) is 43.5 Å². The van der Waals surface area contributed by atoms with E-state index < -0.39 is 5.97 Å². The maximum absolute atomic E-state index is 12.8. The molecule has 0 radical (unpaired) electrons. The SMILES string of the molecule is CCCCCCCCCCCCN(CC[N+](C)(C)CCCCCCCCCCCC)C(=O)CCC(=O)O. The van der Waals surface area contributed by atoms with Gasteiger partial charge in [-0.25, -0.2) is 0 Å². The fourth-order valence-electron chi connectivity index (χ4n) is 5.05. The van der Waals surface area contributed by atoms with E-state index in [-0.39, 0.29) is 18.7 Å². The maximum Gasteiger partial charge on any atom is 0.303 e. The number of aliphatic carboxylic acids is 1. The Morgan fingerprint density at radius 3 is 1.38 bits per heavy atom. The predicted molar refractivity (Wildman–Crippen MR) is 159 cm³/mol. The number of unbranched alkanes of at least 4 members (excludes halogenated alkanes) is 18. The smallest absolute Gasteiger partial charge is 0.303 e. The Kier molecular flexibility index (Phi) is 24.4. The Labute approximate surface area is 231 Å².